The molecule has 4 nitrogen and oxygen atoms in total. The number of anilines is 1. The number of nitrogen functional groups attached to an aromatic ring is 1. The first kappa shape index (κ1) is 14.6. The van der Waals surface area contributed by atoms with Crippen molar-refractivity contribution in [3.63, 3.8) is 0 Å². The molecule has 0 amide bonds. The molecule has 106 valence electrons. The standard InChI is InChI=1S/C12H16ClFN2O2S/c1-2-3-7-4-10(7)16-19(17,18)11-6-8(13)5-9(15)12(11)14/h5-7,10,16H,2-4,15H2,1H3. The average molecular weight is 307 g/mol. The lowest BCUT2D eigenvalue weighted by Crippen LogP contribution is -2.28. The number of nitrogens with two attached hydrogens (primary N) is 1. The first-order valence-corrected chi connectivity index (χ1v) is 7.98. The van der Waals surface area contributed by atoms with E-state index < -0.39 is 20.7 Å². The molecule has 2 unspecified atom stereocenters. The Kier molecular flexibility index (Phi) is 4.03. The van der Waals surface area contributed by atoms with E-state index in [0.29, 0.717) is 5.92 Å². The van der Waals surface area contributed by atoms with E-state index in [1.54, 1.807) is 0 Å². The fourth-order valence-corrected chi connectivity index (χ4v) is 3.87. The van der Waals surface area contributed by atoms with E-state index in [0.717, 1.165) is 25.3 Å². The molecule has 1 aromatic rings. The summed E-state index contributed by atoms with van der Waals surface area (Å²) in [5.41, 5.74) is 5.12. The number of hydrogen-bond acceptors (Lipinski definition) is 3. The van der Waals surface area contributed by atoms with Gasteiger partial charge in [-0.25, -0.2) is 17.5 Å². The molecule has 1 fully saturated rings. The predicted molar refractivity (Wildman–Crippen MR) is 72.9 cm³/mol. The lowest BCUT2D eigenvalue weighted by molar-refractivity contribution is 0.553. The van der Waals surface area contributed by atoms with Gasteiger partial charge in [-0.2, -0.15) is 0 Å². The molecule has 1 saturated carbocycles. The third kappa shape index (κ3) is 3.19. The van der Waals surface area contributed by atoms with E-state index >= 15 is 0 Å². The Bertz CT molecular complexity index is 592. The van der Waals surface area contributed by atoms with Gasteiger partial charge in [-0.15, -0.1) is 0 Å². The van der Waals surface area contributed by atoms with E-state index in [9.17, 15) is 12.8 Å². The van der Waals surface area contributed by atoms with Crippen LogP contribution in [0.3, 0.4) is 0 Å². The Morgan fingerprint density at radius 2 is 2.21 bits per heavy atom. The summed E-state index contributed by atoms with van der Waals surface area (Å²) >= 11 is 5.72. The second-order valence-corrected chi connectivity index (χ2v) is 6.94. The lowest BCUT2D eigenvalue weighted by Gasteiger charge is -2.09. The van der Waals surface area contributed by atoms with Gasteiger partial charge >= 0.3 is 0 Å². The van der Waals surface area contributed by atoms with Crippen LogP contribution in [-0.2, 0) is 10.0 Å². The number of sulfonamides is 1. The summed E-state index contributed by atoms with van der Waals surface area (Å²) in [4.78, 5) is -0.486. The van der Waals surface area contributed by atoms with Crippen LogP contribution in [0, 0.1) is 11.7 Å². The number of hydrogen-bond donors (Lipinski definition) is 2. The second kappa shape index (κ2) is 5.26. The summed E-state index contributed by atoms with van der Waals surface area (Å²) in [6, 6.07) is 2.16. The van der Waals surface area contributed by atoms with Crippen LogP contribution in [-0.4, -0.2) is 14.5 Å². The minimum Gasteiger partial charge on any atom is -0.396 e. The van der Waals surface area contributed by atoms with Crippen molar-refractivity contribution in [2.24, 2.45) is 5.92 Å². The van der Waals surface area contributed by atoms with Crippen molar-refractivity contribution >= 4 is 27.3 Å². The van der Waals surface area contributed by atoms with Crippen molar-refractivity contribution < 1.29 is 12.8 Å². The third-order valence-electron chi connectivity index (χ3n) is 3.21. The van der Waals surface area contributed by atoms with Gasteiger partial charge in [0.15, 0.2) is 5.82 Å². The smallest absolute Gasteiger partial charge is 0.243 e. The van der Waals surface area contributed by atoms with Crippen LogP contribution in [0.2, 0.25) is 5.02 Å². The Labute approximate surface area is 117 Å². The van der Waals surface area contributed by atoms with Crippen LogP contribution in [0.15, 0.2) is 17.0 Å². The summed E-state index contributed by atoms with van der Waals surface area (Å²) in [6.07, 6.45) is 2.76. The maximum atomic E-state index is 13.8. The van der Waals surface area contributed by atoms with Crippen molar-refractivity contribution in [1.29, 1.82) is 0 Å². The van der Waals surface area contributed by atoms with E-state index in [1.165, 1.54) is 6.07 Å². The van der Waals surface area contributed by atoms with Crippen molar-refractivity contribution in [1.82, 2.24) is 4.72 Å². The first-order valence-electron chi connectivity index (χ1n) is 6.12. The normalized spacial score (nSPS) is 22.5. The van der Waals surface area contributed by atoms with Gasteiger partial charge in [0.05, 0.1) is 5.69 Å². The molecule has 1 aliphatic rings. The van der Waals surface area contributed by atoms with Crippen LogP contribution in [0.4, 0.5) is 10.1 Å². The maximum absolute atomic E-state index is 13.8. The zero-order valence-corrected chi connectivity index (χ0v) is 12.1. The van der Waals surface area contributed by atoms with Crippen molar-refractivity contribution in [3.8, 4) is 0 Å². The molecule has 0 radical (unpaired) electrons. The maximum Gasteiger partial charge on any atom is 0.243 e. The number of halogens is 2. The van der Waals surface area contributed by atoms with Crippen LogP contribution in [0.25, 0.3) is 0 Å². The number of rotatable bonds is 5. The largest absolute Gasteiger partial charge is 0.396 e. The van der Waals surface area contributed by atoms with E-state index in [-0.39, 0.29) is 16.8 Å². The molecule has 2 rings (SSSR count). The molecule has 0 bridgehead atoms. The highest BCUT2D eigenvalue weighted by Gasteiger charge is 2.40. The summed E-state index contributed by atoms with van der Waals surface area (Å²) in [7, 11) is -3.91. The van der Waals surface area contributed by atoms with Crippen LogP contribution in [0.5, 0.6) is 0 Å². The van der Waals surface area contributed by atoms with Gasteiger partial charge in [0.1, 0.15) is 4.90 Å². The monoisotopic (exact) mass is 306 g/mol. The van der Waals surface area contributed by atoms with E-state index in [2.05, 4.69) is 4.72 Å². The third-order valence-corrected chi connectivity index (χ3v) is 4.92. The average Bonchev–Trinajstić information content (AvgIpc) is 3.01. The molecular formula is C12H16ClFN2O2S. The van der Waals surface area contributed by atoms with Gasteiger partial charge < -0.3 is 5.73 Å². The highest BCUT2D eigenvalue weighted by molar-refractivity contribution is 7.89. The summed E-state index contributed by atoms with van der Waals surface area (Å²) in [6.45, 7) is 2.04. The SMILES string of the molecule is CCCC1CC1NS(=O)(=O)c1cc(Cl)cc(N)c1F. The van der Waals surface area contributed by atoms with E-state index in [1.807, 2.05) is 6.92 Å². The minimum atomic E-state index is -3.91. The quantitative estimate of drug-likeness (QED) is 0.821. The van der Waals surface area contributed by atoms with Gasteiger partial charge in [0, 0.05) is 11.1 Å². The Morgan fingerprint density at radius 3 is 2.84 bits per heavy atom. The highest BCUT2D eigenvalue weighted by atomic mass is 35.5. The Balaban J connectivity index is 2.21. The van der Waals surface area contributed by atoms with E-state index in [4.69, 9.17) is 17.3 Å². The summed E-state index contributed by atoms with van der Waals surface area (Å²) in [5, 5.41) is 0.0974. The predicted octanol–water partition coefficient (Wildman–Crippen LogP) is 2.53. The fraction of sp³-hybridized carbons (Fsp3) is 0.500. The van der Waals surface area contributed by atoms with Gasteiger partial charge in [0.25, 0.3) is 0 Å². The van der Waals surface area contributed by atoms with Gasteiger partial charge in [-0.05, 0) is 30.9 Å². The number of benzene rings is 1. The molecule has 19 heavy (non-hydrogen) atoms. The zero-order chi connectivity index (χ0) is 14.2. The highest BCUT2D eigenvalue weighted by Crippen LogP contribution is 2.36. The number of nitrogens with one attached hydrogen (secondary N) is 1. The molecule has 1 aliphatic carbocycles. The molecule has 1 aromatic carbocycles. The topological polar surface area (TPSA) is 72.2 Å². The van der Waals surface area contributed by atoms with Crippen molar-refractivity contribution in [3.05, 3.63) is 23.0 Å². The molecule has 7 heteroatoms. The van der Waals surface area contributed by atoms with Gasteiger partial charge in [0.2, 0.25) is 10.0 Å². The van der Waals surface area contributed by atoms with Crippen LogP contribution < -0.4 is 10.5 Å². The molecule has 3 N–H and O–H groups in total. The van der Waals surface area contributed by atoms with Gasteiger partial charge in [-0.1, -0.05) is 24.9 Å². The zero-order valence-electron chi connectivity index (χ0n) is 10.5. The molecule has 0 aliphatic heterocycles. The Morgan fingerprint density at radius 1 is 1.53 bits per heavy atom. The minimum absolute atomic E-state index is 0.0974. The molecular weight excluding hydrogens is 291 g/mol. The summed E-state index contributed by atoms with van der Waals surface area (Å²) < 4.78 is 40.5. The fourth-order valence-electron chi connectivity index (χ4n) is 2.12. The molecule has 0 saturated heterocycles. The molecule has 2 atom stereocenters. The summed E-state index contributed by atoms with van der Waals surface area (Å²) in [5.74, 6) is -0.607. The lowest BCUT2D eigenvalue weighted by atomic mass is 10.2. The van der Waals surface area contributed by atoms with Crippen LogP contribution >= 0.6 is 11.6 Å². The van der Waals surface area contributed by atoms with Crippen molar-refractivity contribution in [2.75, 3.05) is 5.73 Å². The molecule has 0 spiro atoms. The Hall–Kier alpha value is -0.850. The second-order valence-electron chi connectivity index (χ2n) is 4.82. The molecule has 0 heterocycles. The van der Waals surface area contributed by atoms with Crippen molar-refractivity contribution in [2.45, 2.75) is 37.1 Å². The van der Waals surface area contributed by atoms with Gasteiger partial charge in [-0.3, -0.25) is 0 Å². The molecule has 0 aromatic heterocycles. The first-order chi connectivity index (χ1) is 8.85. The van der Waals surface area contributed by atoms with Crippen LogP contribution in [0.1, 0.15) is 26.2 Å².